The minimum atomic E-state index is 0.114. The quantitative estimate of drug-likeness (QED) is 0.719. The number of rotatable bonds is 3. The third-order valence-corrected chi connectivity index (χ3v) is 3.77. The maximum atomic E-state index is 11.4. The highest BCUT2D eigenvalue weighted by atomic mass is 16.5. The zero-order valence-electron chi connectivity index (χ0n) is 9.74. The zero-order chi connectivity index (χ0) is 11.2. The van der Waals surface area contributed by atoms with E-state index in [1.165, 1.54) is 0 Å². The van der Waals surface area contributed by atoms with Crippen molar-refractivity contribution in [3.05, 3.63) is 0 Å². The van der Waals surface area contributed by atoms with Gasteiger partial charge < -0.3 is 15.0 Å². The molecule has 0 aromatic rings. The molecular weight excluding hydrogens is 206 g/mol. The lowest BCUT2D eigenvalue weighted by atomic mass is 9.86. The predicted octanol–water partition coefficient (Wildman–Crippen LogP) is -0.268. The van der Waals surface area contributed by atoms with E-state index in [9.17, 15) is 4.79 Å². The lowest BCUT2D eigenvalue weighted by Gasteiger charge is -2.49. The number of nitrogens with one attached hydrogen (secondary N) is 1. The normalized spacial score (nSPS) is 29.8. The van der Waals surface area contributed by atoms with Crippen LogP contribution >= 0.6 is 0 Å². The Bertz CT molecular complexity index is 298. The van der Waals surface area contributed by atoms with E-state index in [0.717, 1.165) is 45.9 Å². The second-order valence-electron chi connectivity index (χ2n) is 5.58. The SMILES string of the molecule is CC1(CN2CC(N3CCNC3=O)C2)COC1. The van der Waals surface area contributed by atoms with Crippen molar-refractivity contribution < 1.29 is 9.53 Å². The maximum Gasteiger partial charge on any atom is 0.317 e. The van der Waals surface area contributed by atoms with Crippen LogP contribution < -0.4 is 5.32 Å². The molecule has 3 saturated heterocycles. The van der Waals surface area contributed by atoms with Gasteiger partial charge >= 0.3 is 6.03 Å². The van der Waals surface area contributed by atoms with Crippen LogP contribution in [0.15, 0.2) is 0 Å². The van der Waals surface area contributed by atoms with Crippen LogP contribution in [0.2, 0.25) is 0 Å². The van der Waals surface area contributed by atoms with Gasteiger partial charge in [0.1, 0.15) is 0 Å². The summed E-state index contributed by atoms with van der Waals surface area (Å²) < 4.78 is 5.25. The first-order chi connectivity index (χ1) is 7.66. The summed E-state index contributed by atoms with van der Waals surface area (Å²) in [6.45, 7) is 8.90. The van der Waals surface area contributed by atoms with Crippen LogP contribution in [0, 0.1) is 5.41 Å². The van der Waals surface area contributed by atoms with Gasteiger partial charge in [0, 0.05) is 38.1 Å². The number of urea groups is 1. The van der Waals surface area contributed by atoms with E-state index in [1.807, 2.05) is 4.90 Å². The third-order valence-electron chi connectivity index (χ3n) is 3.77. The number of amides is 2. The van der Waals surface area contributed by atoms with Gasteiger partial charge in [-0.1, -0.05) is 6.92 Å². The Morgan fingerprint density at radius 1 is 1.50 bits per heavy atom. The van der Waals surface area contributed by atoms with Gasteiger partial charge in [0.2, 0.25) is 0 Å². The highest BCUT2D eigenvalue weighted by Gasteiger charge is 2.41. The fourth-order valence-electron chi connectivity index (χ4n) is 2.79. The van der Waals surface area contributed by atoms with E-state index in [0.29, 0.717) is 11.5 Å². The molecular formula is C11H19N3O2. The van der Waals surface area contributed by atoms with E-state index in [-0.39, 0.29) is 6.03 Å². The largest absolute Gasteiger partial charge is 0.380 e. The van der Waals surface area contributed by atoms with Crippen molar-refractivity contribution in [2.75, 3.05) is 45.9 Å². The molecule has 0 atom stereocenters. The fraction of sp³-hybridized carbons (Fsp3) is 0.909. The van der Waals surface area contributed by atoms with Gasteiger partial charge in [0.25, 0.3) is 0 Å². The molecule has 1 N–H and O–H groups in total. The number of ether oxygens (including phenoxy) is 1. The molecule has 3 rings (SSSR count). The number of nitrogens with zero attached hydrogens (tertiary/aromatic N) is 2. The Morgan fingerprint density at radius 3 is 2.75 bits per heavy atom. The van der Waals surface area contributed by atoms with E-state index < -0.39 is 0 Å². The summed E-state index contributed by atoms with van der Waals surface area (Å²) in [7, 11) is 0. The van der Waals surface area contributed by atoms with Crippen LogP contribution in [0.25, 0.3) is 0 Å². The van der Waals surface area contributed by atoms with Crippen LogP contribution in [0.4, 0.5) is 4.79 Å². The minimum Gasteiger partial charge on any atom is -0.380 e. The molecule has 0 radical (unpaired) electrons. The highest BCUT2D eigenvalue weighted by molar-refractivity contribution is 5.76. The van der Waals surface area contributed by atoms with Gasteiger partial charge in [-0.3, -0.25) is 4.90 Å². The molecule has 2 amide bonds. The second kappa shape index (κ2) is 3.60. The Hall–Kier alpha value is -0.810. The van der Waals surface area contributed by atoms with Crippen molar-refractivity contribution in [1.82, 2.24) is 15.1 Å². The summed E-state index contributed by atoms with van der Waals surface area (Å²) in [6, 6.07) is 0.551. The van der Waals surface area contributed by atoms with Crippen LogP contribution in [0.3, 0.4) is 0 Å². The smallest absolute Gasteiger partial charge is 0.317 e. The molecule has 3 heterocycles. The van der Waals surface area contributed by atoms with E-state index >= 15 is 0 Å². The van der Waals surface area contributed by atoms with Crippen molar-refractivity contribution in [3.63, 3.8) is 0 Å². The maximum absolute atomic E-state index is 11.4. The first-order valence-corrected chi connectivity index (χ1v) is 6.01. The summed E-state index contributed by atoms with van der Waals surface area (Å²) in [4.78, 5) is 15.8. The first kappa shape index (κ1) is 10.4. The molecule has 3 aliphatic rings. The molecule has 5 nitrogen and oxygen atoms in total. The Balaban J connectivity index is 1.46. The minimum absolute atomic E-state index is 0.114. The number of likely N-dealkylation sites (tertiary alicyclic amines) is 1. The molecule has 5 heteroatoms. The Kier molecular flexibility index (Phi) is 2.33. The van der Waals surface area contributed by atoms with Gasteiger partial charge in [-0.05, 0) is 0 Å². The van der Waals surface area contributed by atoms with Crippen molar-refractivity contribution in [1.29, 1.82) is 0 Å². The molecule has 16 heavy (non-hydrogen) atoms. The summed E-state index contributed by atoms with van der Waals surface area (Å²) in [6.07, 6.45) is 0. The monoisotopic (exact) mass is 225 g/mol. The van der Waals surface area contributed by atoms with E-state index in [1.54, 1.807) is 0 Å². The van der Waals surface area contributed by atoms with Crippen LogP contribution in [-0.2, 0) is 4.74 Å². The lowest BCUT2D eigenvalue weighted by molar-refractivity contribution is -0.126. The molecule has 3 fully saturated rings. The van der Waals surface area contributed by atoms with Gasteiger partial charge in [-0.15, -0.1) is 0 Å². The van der Waals surface area contributed by atoms with E-state index in [4.69, 9.17) is 4.74 Å². The molecule has 0 unspecified atom stereocenters. The van der Waals surface area contributed by atoms with Gasteiger partial charge in [-0.25, -0.2) is 4.79 Å². The summed E-state index contributed by atoms with van der Waals surface area (Å²) >= 11 is 0. The molecule has 0 spiro atoms. The Labute approximate surface area is 95.7 Å². The molecule has 3 aliphatic heterocycles. The van der Waals surface area contributed by atoms with Crippen molar-refractivity contribution in [2.45, 2.75) is 13.0 Å². The van der Waals surface area contributed by atoms with Crippen LogP contribution in [-0.4, -0.2) is 67.8 Å². The van der Waals surface area contributed by atoms with Crippen LogP contribution in [0.5, 0.6) is 0 Å². The standard InChI is InChI=1S/C11H19N3O2/c1-11(7-16-8-11)6-13-4-9(5-13)14-3-2-12-10(14)15/h9H,2-8H2,1H3,(H,12,15). The van der Waals surface area contributed by atoms with Crippen LogP contribution in [0.1, 0.15) is 6.92 Å². The highest BCUT2D eigenvalue weighted by Crippen LogP contribution is 2.30. The van der Waals surface area contributed by atoms with Crippen molar-refractivity contribution >= 4 is 6.03 Å². The van der Waals surface area contributed by atoms with Crippen molar-refractivity contribution in [3.8, 4) is 0 Å². The van der Waals surface area contributed by atoms with E-state index in [2.05, 4.69) is 17.1 Å². The summed E-state index contributed by atoms with van der Waals surface area (Å²) in [5, 5.41) is 2.85. The van der Waals surface area contributed by atoms with Gasteiger partial charge in [-0.2, -0.15) is 0 Å². The molecule has 0 bridgehead atoms. The number of hydrogen-bond donors (Lipinski definition) is 1. The topological polar surface area (TPSA) is 44.8 Å². The number of carbonyl (C=O) groups is 1. The van der Waals surface area contributed by atoms with Gasteiger partial charge in [0.05, 0.1) is 19.3 Å². The molecule has 0 aromatic carbocycles. The molecule has 0 aromatic heterocycles. The predicted molar refractivity (Wildman–Crippen MR) is 59.3 cm³/mol. The average molecular weight is 225 g/mol. The third kappa shape index (κ3) is 1.68. The lowest BCUT2D eigenvalue weighted by Crippen LogP contribution is -2.63. The average Bonchev–Trinajstić information content (AvgIpc) is 2.54. The zero-order valence-corrected chi connectivity index (χ0v) is 9.74. The van der Waals surface area contributed by atoms with Crippen molar-refractivity contribution in [2.24, 2.45) is 5.41 Å². The summed E-state index contributed by atoms with van der Waals surface area (Å²) in [5.74, 6) is 0. The Morgan fingerprint density at radius 2 is 2.25 bits per heavy atom. The fourth-order valence-corrected chi connectivity index (χ4v) is 2.79. The van der Waals surface area contributed by atoms with Gasteiger partial charge in [0.15, 0.2) is 0 Å². The summed E-state index contributed by atoms with van der Waals surface area (Å²) in [5.41, 5.74) is 0.359. The molecule has 0 aliphatic carbocycles. The number of hydrogen-bond acceptors (Lipinski definition) is 3. The molecule has 90 valence electrons. The second-order valence-corrected chi connectivity index (χ2v) is 5.58. The number of carbonyl (C=O) groups excluding carboxylic acids is 1. The first-order valence-electron chi connectivity index (χ1n) is 6.01. The molecule has 0 saturated carbocycles.